The van der Waals surface area contributed by atoms with E-state index in [2.05, 4.69) is 4.98 Å². The summed E-state index contributed by atoms with van der Waals surface area (Å²) in [6.45, 7) is 1.91. The van der Waals surface area contributed by atoms with Gasteiger partial charge in [0.15, 0.2) is 18.1 Å². The standard InChI is InChI=1S/C22H21N3O3S/c1-15(22-24-17-6-4-5-7-20(17)29-22)25(2)21(26)11-9-16-8-10-18(28-13-12-23)19(14-16)27-3/h4-11,14-15H,13H2,1-3H3/b11-9+/t15-/m0/s1. The van der Waals surface area contributed by atoms with Gasteiger partial charge in [-0.25, -0.2) is 4.98 Å². The highest BCUT2D eigenvalue weighted by Gasteiger charge is 2.19. The molecule has 0 N–H and O–H groups in total. The molecule has 1 heterocycles. The van der Waals surface area contributed by atoms with Gasteiger partial charge in [-0.05, 0) is 42.8 Å². The van der Waals surface area contributed by atoms with Gasteiger partial charge in [-0.1, -0.05) is 18.2 Å². The molecular weight excluding hydrogens is 386 g/mol. The number of methoxy groups -OCH3 is 1. The number of rotatable bonds is 7. The fourth-order valence-corrected chi connectivity index (χ4v) is 3.79. The van der Waals surface area contributed by atoms with Crippen molar-refractivity contribution in [3.63, 3.8) is 0 Å². The minimum absolute atomic E-state index is 0.0571. The number of fused-ring (bicyclic) bond motifs is 1. The minimum Gasteiger partial charge on any atom is -0.493 e. The van der Waals surface area contributed by atoms with Crippen LogP contribution in [0.2, 0.25) is 0 Å². The summed E-state index contributed by atoms with van der Waals surface area (Å²) < 4.78 is 11.7. The highest BCUT2D eigenvalue weighted by molar-refractivity contribution is 7.18. The SMILES string of the molecule is COc1cc(/C=C/C(=O)N(C)[C@@H](C)c2nc3ccccc3s2)ccc1OCC#N. The van der Waals surface area contributed by atoms with Crippen LogP contribution in [0.25, 0.3) is 16.3 Å². The Hall–Kier alpha value is -3.37. The van der Waals surface area contributed by atoms with E-state index in [1.807, 2.05) is 37.3 Å². The zero-order valence-corrected chi connectivity index (χ0v) is 17.3. The van der Waals surface area contributed by atoms with Crippen molar-refractivity contribution < 1.29 is 14.3 Å². The van der Waals surface area contributed by atoms with Crippen molar-refractivity contribution in [1.29, 1.82) is 5.26 Å². The quantitative estimate of drug-likeness (QED) is 0.541. The first-order valence-electron chi connectivity index (χ1n) is 9.01. The lowest BCUT2D eigenvalue weighted by molar-refractivity contribution is -0.126. The fraction of sp³-hybridized carbons (Fsp3) is 0.227. The van der Waals surface area contributed by atoms with E-state index in [4.69, 9.17) is 14.7 Å². The Morgan fingerprint density at radius 1 is 1.31 bits per heavy atom. The Bertz CT molecular complexity index is 1050. The number of carbonyl (C=O) groups is 1. The van der Waals surface area contributed by atoms with Gasteiger partial charge in [0.1, 0.15) is 11.1 Å². The average molecular weight is 407 g/mol. The van der Waals surface area contributed by atoms with E-state index < -0.39 is 0 Å². The van der Waals surface area contributed by atoms with Crippen LogP contribution in [0, 0.1) is 11.3 Å². The van der Waals surface area contributed by atoms with Gasteiger partial charge in [0.05, 0.1) is 23.4 Å². The Kier molecular flexibility index (Phi) is 6.47. The molecule has 148 valence electrons. The van der Waals surface area contributed by atoms with Gasteiger partial charge in [-0.2, -0.15) is 5.26 Å². The molecule has 3 aromatic rings. The summed E-state index contributed by atoms with van der Waals surface area (Å²) in [6, 6.07) is 15.0. The number of para-hydroxylation sites is 1. The molecule has 7 heteroatoms. The summed E-state index contributed by atoms with van der Waals surface area (Å²) >= 11 is 1.60. The third kappa shape index (κ3) is 4.73. The maximum atomic E-state index is 12.6. The van der Waals surface area contributed by atoms with Crippen LogP contribution in [0.1, 0.15) is 23.5 Å². The molecule has 3 rings (SSSR count). The second-order valence-electron chi connectivity index (χ2n) is 6.34. The van der Waals surface area contributed by atoms with E-state index in [0.29, 0.717) is 11.5 Å². The predicted molar refractivity (Wildman–Crippen MR) is 114 cm³/mol. The predicted octanol–water partition coefficient (Wildman–Crippen LogP) is 4.44. The van der Waals surface area contributed by atoms with Crippen LogP contribution in [-0.4, -0.2) is 36.6 Å². The molecule has 0 saturated carbocycles. The summed E-state index contributed by atoms with van der Waals surface area (Å²) in [6.07, 6.45) is 3.24. The van der Waals surface area contributed by atoms with Crippen molar-refractivity contribution in [1.82, 2.24) is 9.88 Å². The summed E-state index contributed by atoms with van der Waals surface area (Å²) in [5.74, 6) is 0.866. The van der Waals surface area contributed by atoms with Crippen molar-refractivity contribution in [3.8, 4) is 17.6 Å². The molecule has 0 aliphatic heterocycles. The molecule has 0 fully saturated rings. The zero-order chi connectivity index (χ0) is 20.8. The van der Waals surface area contributed by atoms with E-state index in [0.717, 1.165) is 20.8 Å². The van der Waals surface area contributed by atoms with E-state index in [1.54, 1.807) is 47.6 Å². The number of benzene rings is 2. The number of hydrogen-bond donors (Lipinski definition) is 0. The Morgan fingerprint density at radius 2 is 2.10 bits per heavy atom. The molecular formula is C22H21N3O3S. The molecule has 1 amide bonds. The Balaban J connectivity index is 1.71. The van der Waals surface area contributed by atoms with Crippen LogP contribution in [0.3, 0.4) is 0 Å². The molecule has 0 unspecified atom stereocenters. The molecule has 1 aromatic heterocycles. The lowest BCUT2D eigenvalue weighted by atomic mass is 10.2. The van der Waals surface area contributed by atoms with Gasteiger partial charge in [-0.3, -0.25) is 4.79 Å². The summed E-state index contributed by atoms with van der Waals surface area (Å²) in [5.41, 5.74) is 1.74. The number of nitriles is 1. The molecule has 0 bridgehead atoms. The Labute approximate surface area is 173 Å². The highest BCUT2D eigenvalue weighted by atomic mass is 32.1. The minimum atomic E-state index is -0.138. The van der Waals surface area contributed by atoms with Gasteiger partial charge in [-0.15, -0.1) is 11.3 Å². The number of nitrogens with zero attached hydrogens (tertiary/aromatic N) is 3. The van der Waals surface area contributed by atoms with Gasteiger partial charge in [0.25, 0.3) is 0 Å². The second kappa shape index (κ2) is 9.22. The van der Waals surface area contributed by atoms with Crippen LogP contribution in [0.4, 0.5) is 0 Å². The first-order valence-corrected chi connectivity index (χ1v) is 9.83. The monoisotopic (exact) mass is 407 g/mol. The lowest BCUT2D eigenvalue weighted by Gasteiger charge is -2.21. The lowest BCUT2D eigenvalue weighted by Crippen LogP contribution is -2.27. The van der Waals surface area contributed by atoms with Crippen molar-refractivity contribution in [2.45, 2.75) is 13.0 Å². The normalized spacial score (nSPS) is 11.9. The number of ether oxygens (including phenoxy) is 2. The molecule has 0 saturated heterocycles. The van der Waals surface area contributed by atoms with Crippen LogP contribution in [-0.2, 0) is 4.79 Å². The molecule has 2 aromatic carbocycles. The number of aromatic nitrogens is 1. The molecule has 6 nitrogen and oxygen atoms in total. The molecule has 0 aliphatic carbocycles. The average Bonchev–Trinajstić information content (AvgIpc) is 3.19. The molecule has 0 radical (unpaired) electrons. The van der Waals surface area contributed by atoms with Crippen molar-refractivity contribution in [3.05, 3.63) is 59.1 Å². The molecule has 0 spiro atoms. The maximum absolute atomic E-state index is 12.6. The topological polar surface area (TPSA) is 75.4 Å². The van der Waals surface area contributed by atoms with E-state index in [-0.39, 0.29) is 18.6 Å². The number of amides is 1. The summed E-state index contributed by atoms with van der Waals surface area (Å²) in [5, 5.41) is 9.54. The van der Waals surface area contributed by atoms with Gasteiger partial charge in [0, 0.05) is 13.1 Å². The first-order chi connectivity index (χ1) is 14.0. The van der Waals surface area contributed by atoms with Crippen molar-refractivity contribution >= 4 is 33.5 Å². The molecule has 1 atom stereocenters. The number of hydrogen-bond acceptors (Lipinski definition) is 6. The van der Waals surface area contributed by atoms with E-state index in [9.17, 15) is 4.79 Å². The summed E-state index contributed by atoms with van der Waals surface area (Å²) in [4.78, 5) is 18.9. The van der Waals surface area contributed by atoms with Gasteiger partial charge in [0.2, 0.25) is 5.91 Å². The Morgan fingerprint density at radius 3 is 2.83 bits per heavy atom. The fourth-order valence-electron chi connectivity index (χ4n) is 2.73. The van der Waals surface area contributed by atoms with Gasteiger partial charge < -0.3 is 14.4 Å². The number of thiazole rings is 1. The van der Waals surface area contributed by atoms with Crippen LogP contribution < -0.4 is 9.47 Å². The largest absolute Gasteiger partial charge is 0.493 e. The highest BCUT2D eigenvalue weighted by Crippen LogP contribution is 2.30. The molecule has 29 heavy (non-hydrogen) atoms. The van der Waals surface area contributed by atoms with E-state index >= 15 is 0 Å². The van der Waals surface area contributed by atoms with Gasteiger partial charge >= 0.3 is 0 Å². The number of likely N-dealkylation sites (N-methyl/N-ethyl adjacent to an activating group) is 1. The number of carbonyl (C=O) groups excluding carboxylic acids is 1. The van der Waals surface area contributed by atoms with Crippen LogP contribution in [0.5, 0.6) is 11.5 Å². The third-order valence-electron chi connectivity index (χ3n) is 4.49. The third-order valence-corrected chi connectivity index (χ3v) is 5.70. The van der Waals surface area contributed by atoms with E-state index in [1.165, 1.54) is 13.2 Å². The second-order valence-corrected chi connectivity index (χ2v) is 7.40. The van der Waals surface area contributed by atoms with Crippen LogP contribution in [0.15, 0.2) is 48.5 Å². The zero-order valence-electron chi connectivity index (χ0n) is 16.5. The smallest absolute Gasteiger partial charge is 0.246 e. The first kappa shape index (κ1) is 20.4. The van der Waals surface area contributed by atoms with Crippen LogP contribution >= 0.6 is 11.3 Å². The maximum Gasteiger partial charge on any atom is 0.246 e. The summed E-state index contributed by atoms with van der Waals surface area (Å²) in [7, 11) is 3.30. The molecule has 0 aliphatic rings. The van der Waals surface area contributed by atoms with Crippen molar-refractivity contribution in [2.75, 3.05) is 20.8 Å². The van der Waals surface area contributed by atoms with Crippen molar-refractivity contribution in [2.24, 2.45) is 0 Å².